The SMILES string of the molecule is O=C(Nc1cccc(Oc2ccccc2)c1)ON=Cc1cccnc1. The summed E-state index contributed by atoms with van der Waals surface area (Å²) >= 11 is 0. The Morgan fingerprint density at radius 1 is 1.00 bits per heavy atom. The number of anilines is 1. The zero-order valence-corrected chi connectivity index (χ0v) is 13.2. The molecule has 1 heterocycles. The molecule has 3 aromatic rings. The molecule has 1 N–H and O–H groups in total. The Labute approximate surface area is 144 Å². The lowest BCUT2D eigenvalue weighted by Gasteiger charge is -2.07. The van der Waals surface area contributed by atoms with E-state index in [1.807, 2.05) is 30.3 Å². The fourth-order valence-electron chi connectivity index (χ4n) is 1.99. The Hall–Kier alpha value is -3.67. The topological polar surface area (TPSA) is 72.8 Å². The van der Waals surface area contributed by atoms with E-state index in [1.54, 1.807) is 48.8 Å². The minimum absolute atomic E-state index is 0.537. The van der Waals surface area contributed by atoms with Gasteiger partial charge in [-0.3, -0.25) is 15.1 Å². The maximum Gasteiger partial charge on any atom is 0.437 e. The molecule has 0 aliphatic carbocycles. The number of amides is 1. The van der Waals surface area contributed by atoms with Crippen molar-refractivity contribution in [1.82, 2.24) is 4.98 Å². The molecule has 0 fully saturated rings. The Bertz CT molecular complexity index is 852. The van der Waals surface area contributed by atoms with Gasteiger partial charge in [0.15, 0.2) is 0 Å². The van der Waals surface area contributed by atoms with Crippen molar-refractivity contribution in [2.45, 2.75) is 0 Å². The number of aromatic nitrogens is 1. The summed E-state index contributed by atoms with van der Waals surface area (Å²) in [4.78, 5) is 20.5. The van der Waals surface area contributed by atoms with Crippen LogP contribution in [0.25, 0.3) is 0 Å². The number of para-hydroxylation sites is 1. The van der Waals surface area contributed by atoms with Crippen LogP contribution >= 0.6 is 0 Å². The van der Waals surface area contributed by atoms with Gasteiger partial charge in [0.1, 0.15) is 11.5 Å². The summed E-state index contributed by atoms with van der Waals surface area (Å²) < 4.78 is 5.71. The number of hydrogen-bond donors (Lipinski definition) is 1. The van der Waals surface area contributed by atoms with E-state index in [0.29, 0.717) is 17.2 Å². The van der Waals surface area contributed by atoms with E-state index in [0.717, 1.165) is 5.56 Å². The maximum absolute atomic E-state index is 11.8. The molecule has 0 atom stereocenters. The number of rotatable bonds is 5. The monoisotopic (exact) mass is 333 g/mol. The van der Waals surface area contributed by atoms with Gasteiger partial charge in [0, 0.05) is 29.7 Å². The fraction of sp³-hybridized carbons (Fsp3) is 0. The van der Waals surface area contributed by atoms with Crippen molar-refractivity contribution in [3.05, 3.63) is 84.7 Å². The molecule has 0 saturated carbocycles. The molecule has 3 rings (SSSR count). The van der Waals surface area contributed by atoms with Crippen molar-refractivity contribution in [1.29, 1.82) is 0 Å². The second-order valence-electron chi connectivity index (χ2n) is 4.97. The number of nitrogens with one attached hydrogen (secondary N) is 1. The van der Waals surface area contributed by atoms with Crippen LogP contribution in [0.2, 0.25) is 0 Å². The highest BCUT2D eigenvalue weighted by molar-refractivity contribution is 5.86. The molecule has 1 aromatic heterocycles. The summed E-state index contributed by atoms with van der Waals surface area (Å²) in [6.45, 7) is 0. The van der Waals surface area contributed by atoms with E-state index in [-0.39, 0.29) is 0 Å². The van der Waals surface area contributed by atoms with E-state index in [1.165, 1.54) is 6.21 Å². The number of carbonyl (C=O) groups is 1. The molecule has 25 heavy (non-hydrogen) atoms. The van der Waals surface area contributed by atoms with Gasteiger partial charge in [-0.1, -0.05) is 35.5 Å². The number of nitrogens with zero attached hydrogens (tertiary/aromatic N) is 2. The summed E-state index contributed by atoms with van der Waals surface area (Å²) in [5.41, 5.74) is 1.27. The quantitative estimate of drug-likeness (QED) is 0.425. The Balaban J connectivity index is 1.56. The van der Waals surface area contributed by atoms with Crippen molar-refractivity contribution in [3.8, 4) is 11.5 Å². The van der Waals surface area contributed by atoms with Crippen LogP contribution in [0.3, 0.4) is 0 Å². The standard InChI is InChI=1S/C19H15N3O3/c23-19(25-21-14-15-6-5-11-20-13-15)22-16-7-4-10-18(12-16)24-17-8-2-1-3-9-17/h1-14H,(H,22,23). The lowest BCUT2D eigenvalue weighted by Crippen LogP contribution is -2.10. The molecule has 0 aliphatic heterocycles. The van der Waals surface area contributed by atoms with Crippen LogP contribution in [0, 0.1) is 0 Å². The molecule has 124 valence electrons. The first-order valence-corrected chi connectivity index (χ1v) is 7.54. The van der Waals surface area contributed by atoms with Gasteiger partial charge in [0.05, 0.1) is 6.21 Å². The third-order valence-electron chi connectivity index (χ3n) is 3.08. The highest BCUT2D eigenvalue weighted by Crippen LogP contribution is 2.23. The summed E-state index contributed by atoms with van der Waals surface area (Å²) in [7, 11) is 0. The summed E-state index contributed by atoms with van der Waals surface area (Å²) in [5.74, 6) is 1.31. The maximum atomic E-state index is 11.8. The first-order valence-electron chi connectivity index (χ1n) is 7.54. The number of pyridine rings is 1. The van der Waals surface area contributed by atoms with E-state index >= 15 is 0 Å². The lowest BCUT2D eigenvalue weighted by molar-refractivity contribution is 0.167. The number of hydrogen-bond acceptors (Lipinski definition) is 5. The minimum Gasteiger partial charge on any atom is -0.457 e. The molecule has 6 heteroatoms. The Morgan fingerprint density at radius 2 is 1.84 bits per heavy atom. The highest BCUT2D eigenvalue weighted by Gasteiger charge is 2.04. The van der Waals surface area contributed by atoms with Gasteiger partial charge in [-0.25, -0.2) is 4.79 Å². The van der Waals surface area contributed by atoms with E-state index in [9.17, 15) is 4.79 Å². The van der Waals surface area contributed by atoms with Crippen LogP contribution in [0.15, 0.2) is 84.3 Å². The van der Waals surface area contributed by atoms with Gasteiger partial charge in [0.2, 0.25) is 0 Å². The minimum atomic E-state index is -0.697. The van der Waals surface area contributed by atoms with E-state index in [4.69, 9.17) is 9.57 Å². The molecule has 2 aromatic carbocycles. The van der Waals surface area contributed by atoms with Crippen molar-refractivity contribution < 1.29 is 14.4 Å². The normalized spacial score (nSPS) is 10.4. The highest BCUT2D eigenvalue weighted by atomic mass is 16.7. The molecular weight excluding hydrogens is 318 g/mol. The molecule has 6 nitrogen and oxygen atoms in total. The van der Waals surface area contributed by atoms with Crippen LogP contribution in [-0.2, 0) is 4.84 Å². The van der Waals surface area contributed by atoms with Gasteiger partial charge >= 0.3 is 6.09 Å². The van der Waals surface area contributed by atoms with Gasteiger partial charge < -0.3 is 4.74 Å². The van der Waals surface area contributed by atoms with E-state index in [2.05, 4.69) is 15.5 Å². The second-order valence-corrected chi connectivity index (χ2v) is 4.97. The predicted octanol–water partition coefficient (Wildman–Crippen LogP) is 4.46. The van der Waals surface area contributed by atoms with Crippen molar-refractivity contribution >= 4 is 18.0 Å². The average Bonchev–Trinajstić information content (AvgIpc) is 2.64. The van der Waals surface area contributed by atoms with Crippen molar-refractivity contribution in [2.75, 3.05) is 5.32 Å². The molecule has 0 radical (unpaired) electrons. The van der Waals surface area contributed by atoms with Crippen molar-refractivity contribution in [3.63, 3.8) is 0 Å². The third kappa shape index (κ3) is 5.18. The number of oxime groups is 1. The molecule has 0 saturated heterocycles. The third-order valence-corrected chi connectivity index (χ3v) is 3.08. The van der Waals surface area contributed by atoms with Gasteiger partial charge in [-0.15, -0.1) is 0 Å². The van der Waals surface area contributed by atoms with Crippen LogP contribution in [0.1, 0.15) is 5.56 Å². The summed E-state index contributed by atoms with van der Waals surface area (Å²) in [6.07, 6.45) is 3.96. The van der Waals surface area contributed by atoms with E-state index < -0.39 is 6.09 Å². The Kier molecular flexibility index (Phi) is 5.35. The first-order chi connectivity index (χ1) is 12.3. The summed E-state index contributed by atoms with van der Waals surface area (Å²) in [6, 6.07) is 19.9. The zero-order valence-electron chi connectivity index (χ0n) is 13.2. The average molecular weight is 333 g/mol. The van der Waals surface area contributed by atoms with Gasteiger partial charge in [0.25, 0.3) is 0 Å². The predicted molar refractivity (Wildman–Crippen MR) is 94.9 cm³/mol. The molecule has 0 aliphatic rings. The smallest absolute Gasteiger partial charge is 0.437 e. The molecule has 0 unspecified atom stereocenters. The van der Waals surface area contributed by atoms with Crippen LogP contribution in [0.5, 0.6) is 11.5 Å². The molecule has 1 amide bonds. The Morgan fingerprint density at radius 3 is 2.64 bits per heavy atom. The zero-order chi connectivity index (χ0) is 17.3. The first kappa shape index (κ1) is 16.2. The number of carbonyl (C=O) groups excluding carboxylic acids is 1. The van der Waals surface area contributed by atoms with Crippen LogP contribution in [0.4, 0.5) is 10.5 Å². The lowest BCUT2D eigenvalue weighted by atomic mass is 10.3. The summed E-state index contributed by atoms with van der Waals surface area (Å²) in [5, 5.41) is 6.20. The van der Waals surface area contributed by atoms with Crippen LogP contribution < -0.4 is 10.1 Å². The second kappa shape index (κ2) is 8.26. The largest absolute Gasteiger partial charge is 0.457 e. The van der Waals surface area contributed by atoms with Gasteiger partial charge in [-0.05, 0) is 30.3 Å². The molecular formula is C19H15N3O3. The number of ether oxygens (including phenoxy) is 1. The van der Waals surface area contributed by atoms with Crippen LogP contribution in [-0.4, -0.2) is 17.3 Å². The fourth-order valence-corrected chi connectivity index (χ4v) is 1.99. The number of benzene rings is 2. The van der Waals surface area contributed by atoms with Gasteiger partial charge in [-0.2, -0.15) is 0 Å². The van der Waals surface area contributed by atoms with Crippen molar-refractivity contribution in [2.24, 2.45) is 5.16 Å². The molecule has 0 bridgehead atoms. The molecule has 0 spiro atoms.